The van der Waals surface area contributed by atoms with Crippen LogP contribution in [0.4, 0.5) is 0 Å². The summed E-state index contributed by atoms with van der Waals surface area (Å²) in [6.07, 6.45) is 2.52. The summed E-state index contributed by atoms with van der Waals surface area (Å²) >= 11 is 11.9. The van der Waals surface area contributed by atoms with Crippen molar-refractivity contribution in [2.75, 3.05) is 13.1 Å². The number of rotatable bonds is 3. The fraction of sp³-hybridized carbons (Fsp3) is 0.294. The number of halogens is 2. The Bertz CT molecular complexity index is 908. The van der Waals surface area contributed by atoms with Crippen molar-refractivity contribution in [1.82, 2.24) is 14.9 Å². The predicted octanol–water partition coefficient (Wildman–Crippen LogP) is 2.08. The molecule has 0 aliphatic carbocycles. The van der Waals surface area contributed by atoms with E-state index in [1.165, 1.54) is 11.1 Å². The van der Waals surface area contributed by atoms with Crippen LogP contribution in [0.3, 0.4) is 0 Å². The van der Waals surface area contributed by atoms with E-state index >= 15 is 0 Å². The van der Waals surface area contributed by atoms with Crippen LogP contribution in [0.25, 0.3) is 11.4 Å². The number of aromatic nitrogens is 2. The van der Waals surface area contributed by atoms with Crippen molar-refractivity contribution in [2.45, 2.75) is 12.8 Å². The second-order valence-electron chi connectivity index (χ2n) is 6.13. The van der Waals surface area contributed by atoms with Crippen LogP contribution in [-0.2, 0) is 4.79 Å². The van der Waals surface area contributed by atoms with Gasteiger partial charge in [0, 0.05) is 34.9 Å². The van der Waals surface area contributed by atoms with Gasteiger partial charge in [-0.3, -0.25) is 14.4 Å². The van der Waals surface area contributed by atoms with E-state index in [2.05, 4.69) is 9.97 Å². The number of nitrogens with two attached hydrogens (primary N) is 1. The van der Waals surface area contributed by atoms with E-state index in [1.807, 2.05) is 0 Å². The molecule has 2 amide bonds. The molecule has 2 heterocycles. The van der Waals surface area contributed by atoms with Crippen molar-refractivity contribution >= 4 is 35.0 Å². The van der Waals surface area contributed by atoms with Crippen LogP contribution < -0.4 is 11.3 Å². The minimum absolute atomic E-state index is 0.0907. The lowest BCUT2D eigenvalue weighted by atomic mass is 9.97. The maximum atomic E-state index is 12.6. The molecule has 2 aromatic rings. The molecule has 9 heteroatoms. The van der Waals surface area contributed by atoms with Gasteiger partial charge in [0.2, 0.25) is 5.91 Å². The standard InChI is InChI=1S/C17H16Cl2N4O3/c18-11-4-10(5-12(19)6-11)15-21-7-13(16(25)22-15)17(26)23-3-1-2-9(8-23)14(20)24/h4-7,9H,1-3,8H2,(H2,20,24)(H,21,22,25). The Morgan fingerprint density at radius 1 is 1.23 bits per heavy atom. The van der Waals surface area contributed by atoms with Crippen LogP contribution in [0.2, 0.25) is 10.0 Å². The average Bonchev–Trinajstić information content (AvgIpc) is 2.60. The number of hydrogen-bond donors (Lipinski definition) is 2. The third-order valence-electron chi connectivity index (χ3n) is 4.28. The van der Waals surface area contributed by atoms with E-state index in [4.69, 9.17) is 28.9 Å². The van der Waals surface area contributed by atoms with Crippen LogP contribution in [0.15, 0.2) is 29.2 Å². The molecule has 0 spiro atoms. The maximum absolute atomic E-state index is 12.6. The van der Waals surface area contributed by atoms with E-state index in [0.717, 1.165) is 0 Å². The number of nitrogens with one attached hydrogen (secondary N) is 1. The summed E-state index contributed by atoms with van der Waals surface area (Å²) in [6.45, 7) is 0.674. The molecule has 1 saturated heterocycles. The summed E-state index contributed by atoms with van der Waals surface area (Å²) in [5.41, 5.74) is 5.20. The van der Waals surface area contributed by atoms with Gasteiger partial charge < -0.3 is 15.6 Å². The Hall–Kier alpha value is -2.38. The molecule has 0 saturated carbocycles. The average molecular weight is 395 g/mol. The summed E-state index contributed by atoms with van der Waals surface area (Å²) < 4.78 is 0. The van der Waals surface area contributed by atoms with Gasteiger partial charge in [0.15, 0.2) is 0 Å². The van der Waals surface area contributed by atoms with E-state index in [-0.39, 0.29) is 17.9 Å². The van der Waals surface area contributed by atoms with E-state index in [1.54, 1.807) is 18.2 Å². The number of primary amides is 1. The molecule has 1 aromatic carbocycles. The number of carbonyl (C=O) groups is 2. The molecule has 1 unspecified atom stereocenters. The van der Waals surface area contributed by atoms with E-state index in [0.29, 0.717) is 35.0 Å². The number of benzene rings is 1. The number of carbonyl (C=O) groups excluding carboxylic acids is 2. The van der Waals surface area contributed by atoms with Gasteiger partial charge >= 0.3 is 0 Å². The highest BCUT2D eigenvalue weighted by atomic mass is 35.5. The van der Waals surface area contributed by atoms with Gasteiger partial charge in [0.05, 0.1) is 5.92 Å². The second-order valence-corrected chi connectivity index (χ2v) is 7.00. The Labute approximate surface area is 159 Å². The molecule has 1 fully saturated rings. The summed E-state index contributed by atoms with van der Waals surface area (Å²) in [5, 5.41) is 0.808. The van der Waals surface area contributed by atoms with Crippen LogP contribution in [-0.4, -0.2) is 39.8 Å². The number of piperidine rings is 1. The summed E-state index contributed by atoms with van der Waals surface area (Å²) in [4.78, 5) is 44.6. The van der Waals surface area contributed by atoms with Gasteiger partial charge in [-0.25, -0.2) is 4.98 Å². The van der Waals surface area contributed by atoms with Gasteiger partial charge in [-0.15, -0.1) is 0 Å². The zero-order valence-electron chi connectivity index (χ0n) is 13.7. The van der Waals surface area contributed by atoms with Crippen LogP contribution >= 0.6 is 23.2 Å². The lowest BCUT2D eigenvalue weighted by molar-refractivity contribution is -0.123. The monoisotopic (exact) mass is 394 g/mol. The number of amides is 2. The zero-order chi connectivity index (χ0) is 18.8. The predicted molar refractivity (Wildman–Crippen MR) is 98.1 cm³/mol. The van der Waals surface area contributed by atoms with Crippen LogP contribution in [0.1, 0.15) is 23.2 Å². The van der Waals surface area contributed by atoms with Gasteiger partial charge in [0.1, 0.15) is 11.4 Å². The number of H-pyrrole nitrogens is 1. The largest absolute Gasteiger partial charge is 0.369 e. The molecule has 0 radical (unpaired) electrons. The first kappa shape index (κ1) is 18.4. The molecule has 3 rings (SSSR count). The molecule has 1 aromatic heterocycles. The van der Waals surface area contributed by atoms with Gasteiger partial charge in [-0.1, -0.05) is 23.2 Å². The number of hydrogen-bond acceptors (Lipinski definition) is 4. The lowest BCUT2D eigenvalue weighted by Gasteiger charge is -2.30. The molecular weight excluding hydrogens is 379 g/mol. The van der Waals surface area contributed by atoms with Crippen molar-refractivity contribution in [1.29, 1.82) is 0 Å². The van der Waals surface area contributed by atoms with Gasteiger partial charge in [-0.05, 0) is 31.0 Å². The highest BCUT2D eigenvalue weighted by molar-refractivity contribution is 6.35. The SMILES string of the molecule is NC(=O)C1CCCN(C(=O)c2cnc(-c3cc(Cl)cc(Cl)c3)[nH]c2=O)C1. The molecule has 1 aliphatic heterocycles. The molecule has 26 heavy (non-hydrogen) atoms. The smallest absolute Gasteiger partial charge is 0.264 e. The van der Waals surface area contributed by atoms with Crippen molar-refractivity contribution in [3.05, 3.63) is 50.4 Å². The van der Waals surface area contributed by atoms with Crippen molar-refractivity contribution < 1.29 is 9.59 Å². The highest BCUT2D eigenvalue weighted by Gasteiger charge is 2.28. The number of likely N-dealkylation sites (tertiary alicyclic amines) is 1. The third kappa shape index (κ3) is 3.89. The maximum Gasteiger partial charge on any atom is 0.264 e. The van der Waals surface area contributed by atoms with Crippen LogP contribution in [0.5, 0.6) is 0 Å². The van der Waals surface area contributed by atoms with Crippen molar-refractivity contribution in [3.63, 3.8) is 0 Å². The zero-order valence-corrected chi connectivity index (χ0v) is 15.2. The summed E-state index contributed by atoms with van der Waals surface area (Å²) in [7, 11) is 0. The Balaban J connectivity index is 1.86. The van der Waals surface area contributed by atoms with Gasteiger partial charge in [0.25, 0.3) is 11.5 Å². The normalized spacial score (nSPS) is 17.2. The van der Waals surface area contributed by atoms with Crippen molar-refractivity contribution in [2.24, 2.45) is 11.7 Å². The van der Waals surface area contributed by atoms with E-state index in [9.17, 15) is 14.4 Å². The Kier molecular flexibility index (Phi) is 5.29. The number of aromatic amines is 1. The quantitative estimate of drug-likeness (QED) is 0.829. The molecule has 136 valence electrons. The fourth-order valence-corrected chi connectivity index (χ4v) is 3.47. The molecule has 1 aliphatic rings. The molecule has 1 atom stereocenters. The molecular formula is C17H16Cl2N4O3. The highest BCUT2D eigenvalue weighted by Crippen LogP contribution is 2.24. The molecule has 3 N–H and O–H groups in total. The second kappa shape index (κ2) is 7.47. The van der Waals surface area contributed by atoms with Crippen LogP contribution in [0, 0.1) is 5.92 Å². The minimum atomic E-state index is -0.572. The third-order valence-corrected chi connectivity index (χ3v) is 4.71. The Morgan fingerprint density at radius 3 is 2.54 bits per heavy atom. The first-order chi connectivity index (χ1) is 12.3. The lowest BCUT2D eigenvalue weighted by Crippen LogP contribution is -2.45. The first-order valence-corrected chi connectivity index (χ1v) is 8.75. The van der Waals surface area contributed by atoms with E-state index < -0.39 is 23.3 Å². The Morgan fingerprint density at radius 2 is 1.92 bits per heavy atom. The summed E-state index contributed by atoms with van der Waals surface area (Å²) in [6, 6.07) is 4.78. The molecule has 0 bridgehead atoms. The number of nitrogens with zero attached hydrogens (tertiary/aromatic N) is 2. The minimum Gasteiger partial charge on any atom is -0.369 e. The topological polar surface area (TPSA) is 109 Å². The molecule has 7 nitrogen and oxygen atoms in total. The fourth-order valence-electron chi connectivity index (χ4n) is 2.95. The van der Waals surface area contributed by atoms with Gasteiger partial charge in [-0.2, -0.15) is 0 Å². The summed E-state index contributed by atoms with van der Waals surface area (Å²) in [5.74, 6) is -1.06. The first-order valence-electron chi connectivity index (χ1n) is 7.99. The van der Waals surface area contributed by atoms with Crippen molar-refractivity contribution in [3.8, 4) is 11.4 Å².